The molecule has 1 aromatic heterocycles. The number of amides is 1. The van der Waals surface area contributed by atoms with E-state index in [2.05, 4.69) is 30.8 Å². The van der Waals surface area contributed by atoms with Crippen LogP contribution in [0.3, 0.4) is 0 Å². The van der Waals surface area contributed by atoms with Crippen molar-refractivity contribution in [1.29, 1.82) is 0 Å². The first-order valence-electron chi connectivity index (χ1n) is 10.8. The van der Waals surface area contributed by atoms with Gasteiger partial charge in [0.15, 0.2) is 0 Å². The largest absolute Gasteiger partial charge is 0.490 e. The molecule has 2 fully saturated rings. The van der Waals surface area contributed by atoms with E-state index in [1.807, 2.05) is 35.4 Å². The molecule has 0 aliphatic carbocycles. The summed E-state index contributed by atoms with van der Waals surface area (Å²) in [6.07, 6.45) is 8.05. The van der Waals surface area contributed by atoms with Crippen molar-refractivity contribution in [2.45, 2.75) is 58.1 Å². The Kier molecular flexibility index (Phi) is 5.63. The smallest absolute Gasteiger partial charge is 0.257 e. The topological polar surface area (TPSA) is 50.6 Å². The van der Waals surface area contributed by atoms with E-state index in [9.17, 15) is 4.79 Å². The van der Waals surface area contributed by atoms with E-state index in [0.29, 0.717) is 5.56 Å². The summed E-state index contributed by atoms with van der Waals surface area (Å²) >= 11 is 0. The molecule has 0 N–H and O–H groups in total. The van der Waals surface area contributed by atoms with Gasteiger partial charge in [0.2, 0.25) is 0 Å². The first-order chi connectivity index (χ1) is 13.9. The molecule has 4 rings (SSSR count). The number of rotatable bonds is 4. The van der Waals surface area contributed by atoms with Crippen molar-refractivity contribution < 1.29 is 9.53 Å². The van der Waals surface area contributed by atoms with E-state index in [0.717, 1.165) is 63.3 Å². The molecule has 1 aromatic carbocycles. The fourth-order valence-corrected chi connectivity index (χ4v) is 4.19. The summed E-state index contributed by atoms with van der Waals surface area (Å²) in [5.41, 5.74) is 1.81. The third kappa shape index (κ3) is 4.64. The van der Waals surface area contributed by atoms with Crippen molar-refractivity contribution in [2.75, 3.05) is 26.2 Å². The lowest BCUT2D eigenvalue weighted by Crippen LogP contribution is -2.48. The minimum Gasteiger partial charge on any atom is -0.490 e. The van der Waals surface area contributed by atoms with Gasteiger partial charge in [0.05, 0.1) is 17.4 Å². The third-order valence-corrected chi connectivity index (χ3v) is 6.02. The van der Waals surface area contributed by atoms with E-state index in [-0.39, 0.29) is 17.6 Å². The van der Waals surface area contributed by atoms with Gasteiger partial charge in [-0.1, -0.05) is 0 Å². The monoisotopic (exact) mass is 396 g/mol. The first-order valence-corrected chi connectivity index (χ1v) is 10.8. The molecule has 156 valence electrons. The summed E-state index contributed by atoms with van der Waals surface area (Å²) in [5, 5.41) is 4.38. The van der Waals surface area contributed by atoms with Crippen LogP contribution in [0, 0.1) is 0 Å². The summed E-state index contributed by atoms with van der Waals surface area (Å²) in [4.78, 5) is 16.9. The zero-order valence-corrected chi connectivity index (χ0v) is 17.8. The molecular weight excluding hydrogens is 364 g/mol. The Balaban J connectivity index is 1.34. The van der Waals surface area contributed by atoms with E-state index < -0.39 is 0 Å². The zero-order valence-electron chi connectivity index (χ0n) is 17.8. The Morgan fingerprint density at radius 1 is 1.03 bits per heavy atom. The SMILES string of the molecule is CC(C)(C)N1CCC(Oc2ccc(-n3cc(C(=O)N4CCCC4)cn3)cc2)CC1. The van der Waals surface area contributed by atoms with Crippen LogP contribution in [0.5, 0.6) is 5.75 Å². The highest BCUT2D eigenvalue weighted by Gasteiger charge is 2.27. The average Bonchev–Trinajstić information content (AvgIpc) is 3.40. The fourth-order valence-electron chi connectivity index (χ4n) is 4.19. The van der Waals surface area contributed by atoms with Crippen LogP contribution in [-0.2, 0) is 0 Å². The fraction of sp³-hybridized carbons (Fsp3) is 0.565. The van der Waals surface area contributed by atoms with Crippen LogP contribution in [0.1, 0.15) is 56.8 Å². The summed E-state index contributed by atoms with van der Waals surface area (Å²) in [6, 6.07) is 7.98. The highest BCUT2D eigenvalue weighted by Crippen LogP contribution is 2.24. The second-order valence-electron chi connectivity index (χ2n) is 9.14. The van der Waals surface area contributed by atoms with Crippen LogP contribution in [0.25, 0.3) is 5.69 Å². The molecule has 2 aromatic rings. The number of hydrogen-bond acceptors (Lipinski definition) is 4. The van der Waals surface area contributed by atoms with Crippen molar-refractivity contribution in [1.82, 2.24) is 19.6 Å². The van der Waals surface area contributed by atoms with Crippen LogP contribution in [0.4, 0.5) is 0 Å². The molecule has 6 nitrogen and oxygen atoms in total. The Hall–Kier alpha value is -2.34. The van der Waals surface area contributed by atoms with Gasteiger partial charge in [-0.2, -0.15) is 5.10 Å². The van der Waals surface area contributed by atoms with Gasteiger partial charge in [-0.05, 0) is 70.7 Å². The Morgan fingerprint density at radius 2 is 1.69 bits per heavy atom. The number of benzene rings is 1. The molecule has 0 atom stereocenters. The minimum absolute atomic E-state index is 0.0790. The van der Waals surface area contributed by atoms with Crippen LogP contribution in [0.2, 0.25) is 0 Å². The molecule has 1 amide bonds. The van der Waals surface area contributed by atoms with E-state index in [1.54, 1.807) is 10.9 Å². The molecule has 0 bridgehead atoms. The molecule has 3 heterocycles. The molecule has 0 saturated carbocycles. The molecule has 2 aliphatic rings. The maximum atomic E-state index is 12.5. The average molecular weight is 397 g/mol. The predicted molar refractivity (Wildman–Crippen MR) is 114 cm³/mol. The summed E-state index contributed by atoms with van der Waals surface area (Å²) in [7, 11) is 0. The lowest BCUT2D eigenvalue weighted by molar-refractivity contribution is 0.0491. The van der Waals surface area contributed by atoms with Gasteiger partial charge >= 0.3 is 0 Å². The van der Waals surface area contributed by atoms with Crippen molar-refractivity contribution in [3.05, 3.63) is 42.2 Å². The predicted octanol–water partition coefficient (Wildman–Crippen LogP) is 3.75. The van der Waals surface area contributed by atoms with Gasteiger partial charge in [0, 0.05) is 37.9 Å². The quantitative estimate of drug-likeness (QED) is 0.790. The highest BCUT2D eigenvalue weighted by molar-refractivity contribution is 5.94. The number of nitrogens with zero attached hydrogens (tertiary/aromatic N) is 4. The lowest BCUT2D eigenvalue weighted by atomic mass is 9.99. The maximum Gasteiger partial charge on any atom is 0.257 e. The van der Waals surface area contributed by atoms with Crippen LogP contribution >= 0.6 is 0 Å². The van der Waals surface area contributed by atoms with E-state index >= 15 is 0 Å². The van der Waals surface area contributed by atoms with Crippen LogP contribution in [0.15, 0.2) is 36.7 Å². The summed E-state index contributed by atoms with van der Waals surface area (Å²) < 4.78 is 7.96. The molecule has 0 radical (unpaired) electrons. The number of hydrogen-bond donors (Lipinski definition) is 0. The van der Waals surface area contributed by atoms with Gasteiger partial charge in [-0.25, -0.2) is 4.68 Å². The maximum absolute atomic E-state index is 12.5. The molecule has 0 spiro atoms. The molecular formula is C23H32N4O2. The highest BCUT2D eigenvalue weighted by atomic mass is 16.5. The zero-order chi connectivity index (χ0) is 20.4. The first kappa shape index (κ1) is 20.0. The number of aromatic nitrogens is 2. The molecule has 2 aliphatic heterocycles. The van der Waals surface area contributed by atoms with Crippen LogP contribution < -0.4 is 4.74 Å². The normalized spacial score (nSPS) is 18.9. The number of piperidine rings is 1. The second kappa shape index (κ2) is 8.19. The van der Waals surface area contributed by atoms with Gasteiger partial charge in [0.1, 0.15) is 11.9 Å². The number of ether oxygens (including phenoxy) is 1. The summed E-state index contributed by atoms with van der Waals surface area (Å²) in [5.74, 6) is 0.971. The Morgan fingerprint density at radius 3 is 2.31 bits per heavy atom. The van der Waals surface area contributed by atoms with Gasteiger partial charge in [-0.15, -0.1) is 0 Å². The Bertz CT molecular complexity index is 823. The molecule has 2 saturated heterocycles. The van der Waals surface area contributed by atoms with Gasteiger partial charge in [0.25, 0.3) is 5.91 Å². The second-order valence-corrected chi connectivity index (χ2v) is 9.14. The minimum atomic E-state index is 0.0790. The molecule has 0 unspecified atom stereocenters. The molecule has 29 heavy (non-hydrogen) atoms. The summed E-state index contributed by atoms with van der Waals surface area (Å²) in [6.45, 7) is 10.7. The van der Waals surface area contributed by atoms with Crippen molar-refractivity contribution in [2.24, 2.45) is 0 Å². The Labute approximate surface area is 173 Å². The van der Waals surface area contributed by atoms with Crippen LogP contribution in [-0.4, -0.2) is 63.3 Å². The molecule has 6 heteroatoms. The van der Waals surface area contributed by atoms with Crippen molar-refractivity contribution >= 4 is 5.91 Å². The lowest BCUT2D eigenvalue weighted by Gasteiger charge is -2.40. The van der Waals surface area contributed by atoms with Crippen molar-refractivity contribution in [3.63, 3.8) is 0 Å². The van der Waals surface area contributed by atoms with Gasteiger partial charge < -0.3 is 9.64 Å². The van der Waals surface area contributed by atoms with E-state index in [1.165, 1.54) is 0 Å². The third-order valence-electron chi connectivity index (χ3n) is 6.02. The number of likely N-dealkylation sites (tertiary alicyclic amines) is 2. The number of carbonyl (C=O) groups is 1. The van der Waals surface area contributed by atoms with E-state index in [4.69, 9.17) is 4.74 Å². The van der Waals surface area contributed by atoms with Gasteiger partial charge in [-0.3, -0.25) is 9.69 Å². The van der Waals surface area contributed by atoms with Crippen molar-refractivity contribution in [3.8, 4) is 11.4 Å². The standard InChI is InChI=1S/C23H32N4O2/c1-23(2,3)26-14-10-21(11-15-26)29-20-8-6-19(7-9-20)27-17-18(16-24-27)22(28)25-12-4-5-13-25/h6-9,16-17,21H,4-5,10-15H2,1-3H3. The number of carbonyl (C=O) groups excluding carboxylic acids is 1.